The first-order chi connectivity index (χ1) is 5.11. The van der Waals surface area contributed by atoms with E-state index in [1.165, 1.54) is 18.2 Å². The first kappa shape index (κ1) is 11.5. The van der Waals surface area contributed by atoms with E-state index in [0.717, 1.165) is 0 Å². The summed E-state index contributed by atoms with van der Waals surface area (Å²) >= 11 is 0. The summed E-state index contributed by atoms with van der Waals surface area (Å²) in [5.74, 6) is -1.47. The molecule has 0 saturated carbocycles. The molecule has 0 atom stereocenters. The number of nitrogens with two attached hydrogens (primary N) is 1. The van der Waals surface area contributed by atoms with Crippen molar-refractivity contribution in [2.75, 3.05) is 5.73 Å². The Morgan fingerprint density at radius 1 is 1.42 bits per heavy atom. The van der Waals surface area contributed by atoms with Crippen LogP contribution in [0.15, 0.2) is 18.2 Å². The van der Waals surface area contributed by atoms with E-state index >= 15 is 0 Å². The van der Waals surface area contributed by atoms with Gasteiger partial charge in [-0.1, -0.05) is 0 Å². The fraction of sp³-hybridized carbons (Fsp3) is 0. The molecule has 1 aromatic rings. The maximum absolute atomic E-state index is 10.3. The molecule has 12 heavy (non-hydrogen) atoms. The average molecular weight is 195 g/mol. The van der Waals surface area contributed by atoms with Gasteiger partial charge in [-0.25, -0.2) is 4.79 Å². The van der Waals surface area contributed by atoms with Crippen molar-refractivity contribution in [3.05, 3.63) is 23.8 Å². The van der Waals surface area contributed by atoms with Crippen LogP contribution in [0.2, 0.25) is 0 Å². The molecule has 0 heterocycles. The third-order valence-electron chi connectivity index (χ3n) is 1.25. The van der Waals surface area contributed by atoms with Crippen molar-refractivity contribution in [1.82, 2.24) is 0 Å². The van der Waals surface area contributed by atoms with Gasteiger partial charge in [0.25, 0.3) is 0 Å². The summed E-state index contributed by atoms with van der Waals surface area (Å²) < 4.78 is 0. The molecule has 4 N–H and O–H groups in total. The number of anilines is 1. The van der Waals surface area contributed by atoms with Gasteiger partial charge in [-0.15, -0.1) is 0 Å². The molecule has 1 rings (SSSR count). The van der Waals surface area contributed by atoms with Gasteiger partial charge in [0.2, 0.25) is 0 Å². The molecule has 0 bridgehead atoms. The monoisotopic (exact) mass is 195 g/mol. The van der Waals surface area contributed by atoms with Crippen LogP contribution in [-0.4, -0.2) is 53.9 Å². The fourth-order valence-electron chi connectivity index (χ4n) is 0.730. The van der Waals surface area contributed by atoms with E-state index in [-0.39, 0.29) is 49.1 Å². The van der Waals surface area contributed by atoms with Crippen LogP contribution in [0.25, 0.3) is 0 Å². The summed E-state index contributed by atoms with van der Waals surface area (Å²) in [5.41, 5.74) is 5.48. The number of hydrogen-bond acceptors (Lipinski definition) is 3. The van der Waals surface area contributed by atoms with Crippen LogP contribution in [0.4, 0.5) is 5.69 Å². The van der Waals surface area contributed by atoms with Crippen LogP contribution in [0.5, 0.6) is 5.75 Å². The van der Waals surface area contributed by atoms with Gasteiger partial charge in [-0.2, -0.15) is 0 Å². The predicted octanol–water partition coefficient (Wildman–Crippen LogP) is -0.244. The molecule has 0 aliphatic heterocycles. The minimum absolute atomic E-state index is 0. The van der Waals surface area contributed by atoms with E-state index in [9.17, 15) is 4.79 Å². The molecule has 62 valence electrons. The van der Waals surface area contributed by atoms with Crippen molar-refractivity contribution < 1.29 is 15.0 Å². The molecule has 0 aliphatic rings. The third-order valence-corrected chi connectivity index (χ3v) is 1.25. The summed E-state index contributed by atoms with van der Waals surface area (Å²) in [6, 6.07) is 3.87. The van der Waals surface area contributed by atoms with Gasteiger partial charge in [0, 0.05) is 11.8 Å². The number of rotatable bonds is 1. The van der Waals surface area contributed by atoms with Crippen molar-refractivity contribution in [3.8, 4) is 5.75 Å². The van der Waals surface area contributed by atoms with Crippen molar-refractivity contribution in [2.24, 2.45) is 0 Å². The molecule has 0 amide bonds. The zero-order chi connectivity index (χ0) is 8.43. The first-order valence-corrected chi connectivity index (χ1v) is 2.93. The van der Waals surface area contributed by atoms with E-state index in [1.54, 1.807) is 0 Å². The van der Waals surface area contributed by atoms with E-state index in [2.05, 4.69) is 0 Å². The quantitative estimate of drug-likeness (QED) is 0.426. The Labute approximate surface area is 99.0 Å². The van der Waals surface area contributed by atoms with E-state index in [1.807, 2.05) is 0 Å². The summed E-state index contributed by atoms with van der Waals surface area (Å²) in [4.78, 5) is 10.3. The van der Waals surface area contributed by atoms with Crippen LogP contribution in [-0.2, 0) is 0 Å². The zero-order valence-corrected chi connectivity index (χ0v) is 5.61. The topological polar surface area (TPSA) is 83.6 Å². The first-order valence-electron chi connectivity index (χ1n) is 2.93. The Kier molecular flexibility index (Phi) is 4.37. The normalized spacial score (nSPS) is 8.67. The Balaban J connectivity index is 0.00000121. The summed E-state index contributed by atoms with van der Waals surface area (Å²) in [6.07, 6.45) is 0. The number of carboxylic acid groups (broad SMARTS) is 1. The maximum atomic E-state index is 10.3. The van der Waals surface area contributed by atoms with Gasteiger partial charge in [0.1, 0.15) is 11.3 Å². The summed E-state index contributed by atoms with van der Waals surface area (Å²) in [7, 11) is 0. The molecule has 0 aromatic heterocycles. The number of carboxylic acids is 1. The Bertz CT molecular complexity index is 301. The van der Waals surface area contributed by atoms with Crippen molar-refractivity contribution in [2.45, 2.75) is 0 Å². The fourth-order valence-corrected chi connectivity index (χ4v) is 0.730. The van der Waals surface area contributed by atoms with Gasteiger partial charge in [-0.3, -0.25) is 0 Å². The van der Waals surface area contributed by atoms with E-state index in [4.69, 9.17) is 15.9 Å². The molecular weight excluding hydrogens is 186 g/mol. The summed E-state index contributed by atoms with van der Waals surface area (Å²) in [5, 5.41) is 17.5. The average Bonchev–Trinajstić information content (AvgIpc) is 1.85. The molecule has 0 unspecified atom stereocenters. The van der Waals surface area contributed by atoms with E-state index < -0.39 is 5.97 Å². The number of carbonyl (C=O) groups is 1. The van der Waals surface area contributed by atoms with Gasteiger partial charge < -0.3 is 15.9 Å². The number of phenols is 1. The second-order valence-electron chi connectivity index (χ2n) is 2.08. The number of aromatic carboxylic acids is 1. The molecular formula is C7H9CaNO3. The number of nitrogen functional groups attached to an aromatic ring is 1. The molecule has 0 radical (unpaired) electrons. The van der Waals surface area contributed by atoms with Crippen molar-refractivity contribution in [1.29, 1.82) is 0 Å². The second-order valence-corrected chi connectivity index (χ2v) is 2.08. The van der Waals surface area contributed by atoms with Gasteiger partial charge in [0.05, 0.1) is 0 Å². The standard InChI is InChI=1S/C7H7NO3.Ca.2H/c8-4-1-2-5(7(10)11)6(9)3-4;;;/h1-3,9H,8H2,(H,10,11);;;. The Hall–Kier alpha value is -0.450. The van der Waals surface area contributed by atoms with Crippen LogP contribution >= 0.6 is 0 Å². The summed E-state index contributed by atoms with van der Waals surface area (Å²) in [6.45, 7) is 0. The van der Waals surface area contributed by atoms with Crippen molar-refractivity contribution in [3.63, 3.8) is 0 Å². The molecule has 0 fully saturated rings. The van der Waals surface area contributed by atoms with Gasteiger partial charge in [0.15, 0.2) is 0 Å². The van der Waals surface area contributed by atoms with Crippen LogP contribution < -0.4 is 5.73 Å². The van der Waals surface area contributed by atoms with Gasteiger partial charge in [-0.05, 0) is 12.1 Å². The molecule has 0 saturated heterocycles. The number of aromatic hydroxyl groups is 1. The minimum atomic E-state index is -1.16. The van der Waals surface area contributed by atoms with E-state index in [0.29, 0.717) is 5.69 Å². The SMILES string of the molecule is Nc1ccc(C(=O)O)c(O)c1.[CaH2]. The molecule has 5 heteroatoms. The van der Waals surface area contributed by atoms with Crippen molar-refractivity contribution >= 4 is 49.4 Å². The predicted molar refractivity (Wildman–Crippen MR) is 48.0 cm³/mol. The zero-order valence-electron chi connectivity index (χ0n) is 5.61. The Morgan fingerprint density at radius 3 is 2.42 bits per heavy atom. The molecule has 0 aliphatic carbocycles. The third kappa shape index (κ3) is 2.55. The molecule has 1 aromatic carbocycles. The second kappa shape index (κ2) is 4.54. The van der Waals surface area contributed by atoms with Gasteiger partial charge >= 0.3 is 43.7 Å². The van der Waals surface area contributed by atoms with Crippen LogP contribution in [0.3, 0.4) is 0 Å². The Morgan fingerprint density at radius 2 is 2.00 bits per heavy atom. The number of benzene rings is 1. The molecule has 0 spiro atoms. The number of hydrogen-bond donors (Lipinski definition) is 3. The van der Waals surface area contributed by atoms with Crippen LogP contribution in [0, 0.1) is 0 Å². The molecule has 4 nitrogen and oxygen atoms in total. The van der Waals surface area contributed by atoms with Crippen LogP contribution in [0.1, 0.15) is 10.4 Å².